The first-order valence-corrected chi connectivity index (χ1v) is 9.81. The van der Waals surface area contributed by atoms with Crippen LogP contribution in [0.1, 0.15) is 52.5 Å². The van der Waals surface area contributed by atoms with E-state index in [2.05, 4.69) is 27.3 Å². The molecule has 1 atom stereocenters. The maximum absolute atomic E-state index is 11.9. The predicted molar refractivity (Wildman–Crippen MR) is 100.0 cm³/mol. The lowest BCUT2D eigenvalue weighted by Crippen LogP contribution is -2.46. The van der Waals surface area contributed by atoms with Crippen molar-refractivity contribution in [1.82, 2.24) is 20.4 Å². The van der Waals surface area contributed by atoms with E-state index in [1.807, 2.05) is 38.3 Å². The maximum Gasteiger partial charge on any atom is 0.407 e. The largest absolute Gasteiger partial charge is 0.444 e. The lowest BCUT2D eigenvalue weighted by atomic mass is 10.0. The maximum atomic E-state index is 11.9. The minimum Gasteiger partial charge on any atom is -0.444 e. The predicted octanol–water partition coefficient (Wildman–Crippen LogP) is 3.85. The number of hydrogen-bond donors (Lipinski definition) is 1. The highest BCUT2D eigenvalue weighted by molar-refractivity contribution is 7.13. The fourth-order valence-electron chi connectivity index (χ4n) is 2.97. The van der Waals surface area contributed by atoms with Crippen LogP contribution in [0.15, 0.2) is 22.0 Å². The molecule has 1 aliphatic rings. The van der Waals surface area contributed by atoms with Crippen LogP contribution in [0.5, 0.6) is 0 Å². The topological polar surface area (TPSA) is 80.5 Å². The van der Waals surface area contributed by atoms with Crippen LogP contribution in [0.2, 0.25) is 0 Å². The molecular formula is C18H26N4O3S. The number of hydrogen-bond acceptors (Lipinski definition) is 7. The van der Waals surface area contributed by atoms with Crippen LogP contribution in [-0.2, 0) is 4.74 Å². The summed E-state index contributed by atoms with van der Waals surface area (Å²) in [4.78, 5) is 19.7. The number of carbonyl (C=O) groups excluding carboxylic acids is 1. The minimum absolute atomic E-state index is 0.0543. The van der Waals surface area contributed by atoms with Gasteiger partial charge in [-0.3, -0.25) is 4.90 Å². The van der Waals surface area contributed by atoms with E-state index in [1.54, 1.807) is 11.3 Å². The van der Waals surface area contributed by atoms with Crippen molar-refractivity contribution in [2.45, 2.75) is 58.2 Å². The highest BCUT2D eigenvalue weighted by Crippen LogP contribution is 2.27. The number of thiophene rings is 1. The van der Waals surface area contributed by atoms with Crippen molar-refractivity contribution < 1.29 is 14.1 Å². The number of carbonyl (C=O) groups is 1. The fraction of sp³-hybridized carbons (Fsp3) is 0.611. The molecule has 0 saturated carbocycles. The van der Waals surface area contributed by atoms with Gasteiger partial charge in [0.25, 0.3) is 0 Å². The Morgan fingerprint density at radius 1 is 1.42 bits per heavy atom. The quantitative estimate of drug-likeness (QED) is 0.870. The Morgan fingerprint density at radius 2 is 2.15 bits per heavy atom. The highest BCUT2D eigenvalue weighted by Gasteiger charge is 2.28. The van der Waals surface area contributed by atoms with E-state index in [9.17, 15) is 4.79 Å². The zero-order chi connectivity index (χ0) is 18.7. The number of likely N-dealkylation sites (tertiary alicyclic amines) is 1. The molecule has 1 unspecified atom stereocenters. The third-order valence-corrected chi connectivity index (χ3v) is 5.20. The zero-order valence-corrected chi connectivity index (χ0v) is 16.5. The van der Waals surface area contributed by atoms with Crippen LogP contribution in [0.4, 0.5) is 4.79 Å². The molecule has 0 bridgehead atoms. The summed E-state index contributed by atoms with van der Waals surface area (Å²) in [6.07, 6.45) is 1.40. The molecule has 1 amide bonds. The normalized spacial score (nSPS) is 17.8. The van der Waals surface area contributed by atoms with Crippen molar-refractivity contribution >= 4 is 17.4 Å². The number of nitrogens with one attached hydrogen (secondary N) is 1. The minimum atomic E-state index is -0.475. The van der Waals surface area contributed by atoms with Gasteiger partial charge in [0.05, 0.1) is 10.9 Å². The monoisotopic (exact) mass is 378 g/mol. The van der Waals surface area contributed by atoms with Crippen LogP contribution in [0, 0.1) is 0 Å². The van der Waals surface area contributed by atoms with Gasteiger partial charge in [0, 0.05) is 19.1 Å². The van der Waals surface area contributed by atoms with Crippen molar-refractivity contribution in [1.29, 1.82) is 0 Å². The summed E-state index contributed by atoms with van der Waals surface area (Å²) >= 11 is 1.60. The molecule has 142 valence electrons. The number of aromatic nitrogens is 2. The van der Waals surface area contributed by atoms with E-state index in [0.29, 0.717) is 11.7 Å². The summed E-state index contributed by atoms with van der Waals surface area (Å²) in [5.41, 5.74) is -0.475. The van der Waals surface area contributed by atoms with E-state index < -0.39 is 5.60 Å². The van der Waals surface area contributed by atoms with Crippen molar-refractivity contribution in [3.05, 3.63) is 23.4 Å². The Balaban J connectivity index is 1.51. The highest BCUT2D eigenvalue weighted by atomic mass is 32.1. The molecule has 3 rings (SSSR count). The van der Waals surface area contributed by atoms with Gasteiger partial charge in [0.15, 0.2) is 0 Å². The number of rotatable bonds is 4. The van der Waals surface area contributed by atoms with Gasteiger partial charge >= 0.3 is 6.09 Å². The van der Waals surface area contributed by atoms with Crippen LogP contribution in [0.25, 0.3) is 10.7 Å². The Labute approximate surface area is 157 Å². The molecule has 7 nitrogen and oxygen atoms in total. The van der Waals surface area contributed by atoms with Gasteiger partial charge in [-0.1, -0.05) is 11.2 Å². The Kier molecular flexibility index (Phi) is 5.62. The molecule has 3 heterocycles. The van der Waals surface area contributed by atoms with E-state index in [1.165, 1.54) is 0 Å². The van der Waals surface area contributed by atoms with Crippen molar-refractivity contribution in [2.24, 2.45) is 0 Å². The standard InChI is InChI=1S/C18H26N4O3S/c1-12(16-20-15(21-25-16)14-6-5-11-26-14)22-9-7-13(8-10-22)19-17(23)24-18(2,3)4/h5-6,11-13H,7-10H2,1-4H3,(H,19,23). The summed E-state index contributed by atoms with van der Waals surface area (Å²) in [5.74, 6) is 1.27. The van der Waals surface area contributed by atoms with Gasteiger partial charge in [-0.05, 0) is 52.0 Å². The first-order chi connectivity index (χ1) is 12.3. The third-order valence-electron chi connectivity index (χ3n) is 4.34. The molecule has 1 N–H and O–H groups in total. The van der Waals surface area contributed by atoms with Crippen molar-refractivity contribution in [3.63, 3.8) is 0 Å². The number of ether oxygens (including phenoxy) is 1. The second kappa shape index (κ2) is 7.75. The molecule has 26 heavy (non-hydrogen) atoms. The molecule has 2 aromatic heterocycles. The van der Waals surface area contributed by atoms with Gasteiger partial charge in [-0.25, -0.2) is 4.79 Å². The summed E-state index contributed by atoms with van der Waals surface area (Å²) in [6.45, 7) is 9.40. The average molecular weight is 378 g/mol. The van der Waals surface area contributed by atoms with Crippen molar-refractivity contribution in [2.75, 3.05) is 13.1 Å². The lowest BCUT2D eigenvalue weighted by molar-refractivity contribution is 0.0464. The third kappa shape index (κ3) is 4.82. The Bertz CT molecular complexity index is 715. The lowest BCUT2D eigenvalue weighted by Gasteiger charge is -2.35. The molecule has 1 saturated heterocycles. The second-order valence-corrected chi connectivity index (χ2v) is 8.51. The first kappa shape index (κ1) is 18.8. The van der Waals surface area contributed by atoms with E-state index in [0.717, 1.165) is 30.8 Å². The fourth-order valence-corrected chi connectivity index (χ4v) is 3.62. The number of nitrogens with zero attached hydrogens (tertiary/aromatic N) is 3. The molecule has 0 spiro atoms. The molecular weight excluding hydrogens is 352 g/mol. The van der Waals surface area contributed by atoms with Crippen LogP contribution in [-0.4, -0.2) is 45.9 Å². The van der Waals surface area contributed by atoms with Crippen LogP contribution < -0.4 is 5.32 Å². The van der Waals surface area contributed by atoms with Crippen molar-refractivity contribution in [3.8, 4) is 10.7 Å². The number of piperidine rings is 1. The second-order valence-electron chi connectivity index (χ2n) is 7.57. The van der Waals surface area contributed by atoms with Gasteiger partial charge in [-0.15, -0.1) is 11.3 Å². The summed E-state index contributed by atoms with van der Waals surface area (Å²) in [7, 11) is 0. The Hall–Kier alpha value is -1.93. The smallest absolute Gasteiger partial charge is 0.407 e. The molecule has 1 fully saturated rings. The average Bonchev–Trinajstić information content (AvgIpc) is 3.24. The molecule has 1 aliphatic heterocycles. The van der Waals surface area contributed by atoms with Crippen LogP contribution in [0.3, 0.4) is 0 Å². The van der Waals surface area contributed by atoms with E-state index in [4.69, 9.17) is 9.26 Å². The summed E-state index contributed by atoms with van der Waals surface area (Å²) in [6, 6.07) is 4.15. The number of alkyl carbamates (subject to hydrolysis) is 1. The molecule has 0 radical (unpaired) electrons. The van der Waals surface area contributed by atoms with Gasteiger partial charge in [0.1, 0.15) is 5.60 Å². The van der Waals surface area contributed by atoms with Gasteiger partial charge < -0.3 is 14.6 Å². The Morgan fingerprint density at radius 3 is 2.77 bits per heavy atom. The first-order valence-electron chi connectivity index (χ1n) is 8.93. The summed E-state index contributed by atoms with van der Waals surface area (Å²) < 4.78 is 10.8. The number of amides is 1. The zero-order valence-electron chi connectivity index (χ0n) is 15.7. The van der Waals surface area contributed by atoms with Gasteiger partial charge in [0.2, 0.25) is 11.7 Å². The van der Waals surface area contributed by atoms with E-state index in [-0.39, 0.29) is 18.2 Å². The molecule has 2 aromatic rings. The summed E-state index contributed by atoms with van der Waals surface area (Å²) in [5, 5.41) is 9.04. The van der Waals surface area contributed by atoms with Gasteiger partial charge in [-0.2, -0.15) is 4.98 Å². The molecule has 8 heteroatoms. The molecule has 0 aliphatic carbocycles. The van der Waals surface area contributed by atoms with E-state index >= 15 is 0 Å². The SMILES string of the molecule is CC(c1nc(-c2cccs2)no1)N1CCC(NC(=O)OC(C)(C)C)CC1. The van der Waals surface area contributed by atoms with Crippen LogP contribution >= 0.6 is 11.3 Å². The molecule has 0 aromatic carbocycles.